The van der Waals surface area contributed by atoms with E-state index in [9.17, 15) is 0 Å². The van der Waals surface area contributed by atoms with Crippen LogP contribution in [0.5, 0.6) is 5.75 Å². The second-order valence-electron chi connectivity index (χ2n) is 7.12. The molecule has 0 amide bonds. The molecule has 0 saturated carbocycles. The molecule has 2 aromatic rings. The Bertz CT molecular complexity index is 818. The first-order valence-corrected chi connectivity index (χ1v) is 9.55. The highest BCUT2D eigenvalue weighted by atomic mass is 16.5. The second-order valence-corrected chi connectivity index (χ2v) is 7.12. The van der Waals surface area contributed by atoms with Crippen LogP contribution in [-0.2, 0) is 11.2 Å². The number of benzene rings is 1. The van der Waals surface area contributed by atoms with Gasteiger partial charge in [0, 0.05) is 49.7 Å². The minimum Gasteiger partial charge on any atom is -0.496 e. The molecule has 1 aromatic carbocycles. The van der Waals surface area contributed by atoms with Gasteiger partial charge in [0.2, 0.25) is 0 Å². The van der Waals surface area contributed by atoms with Crippen LogP contribution in [0.1, 0.15) is 17.0 Å². The van der Waals surface area contributed by atoms with Crippen molar-refractivity contribution in [3.05, 3.63) is 41.4 Å². The van der Waals surface area contributed by atoms with Gasteiger partial charge in [0.25, 0.3) is 0 Å². The molecule has 3 heterocycles. The number of morpholine rings is 1. The van der Waals surface area contributed by atoms with E-state index in [-0.39, 0.29) is 0 Å². The summed E-state index contributed by atoms with van der Waals surface area (Å²) in [5, 5.41) is 4.11. The van der Waals surface area contributed by atoms with Crippen molar-refractivity contribution in [2.75, 3.05) is 51.4 Å². The molecule has 0 spiro atoms. The summed E-state index contributed by atoms with van der Waals surface area (Å²) in [6, 6.07) is 4.38. The average molecular weight is 369 g/mol. The lowest BCUT2D eigenvalue weighted by molar-refractivity contribution is 0.0393. The van der Waals surface area contributed by atoms with Crippen molar-refractivity contribution < 1.29 is 14.0 Å². The summed E-state index contributed by atoms with van der Waals surface area (Å²) in [5.41, 5.74) is 5.50. The number of methoxy groups -OCH3 is 1. The molecular weight excluding hydrogens is 342 g/mol. The fourth-order valence-electron chi connectivity index (χ4n) is 3.93. The maximum absolute atomic E-state index is 5.74. The Labute approximate surface area is 160 Å². The number of hydrogen-bond donors (Lipinski definition) is 0. The van der Waals surface area contributed by atoms with Gasteiger partial charge in [-0.2, -0.15) is 0 Å². The van der Waals surface area contributed by atoms with E-state index >= 15 is 0 Å². The predicted molar refractivity (Wildman–Crippen MR) is 105 cm³/mol. The molecule has 0 radical (unpaired) electrons. The summed E-state index contributed by atoms with van der Waals surface area (Å²) >= 11 is 0. The van der Waals surface area contributed by atoms with E-state index in [0.717, 1.165) is 74.1 Å². The van der Waals surface area contributed by atoms with Gasteiger partial charge in [-0.25, -0.2) is 0 Å². The number of allylic oxidation sites excluding steroid dienone is 1. The standard InChI is InChI=1S/C21H27N3O3/c1-15-21(16(2)27-22-15)18-13-17-5-4-6-24(19(17)14-20(18)25-3)8-7-23-9-11-26-12-10-23/h4,6,13-14H,5,7-12H2,1-3H3. The minimum absolute atomic E-state index is 0.821. The maximum Gasteiger partial charge on any atom is 0.141 e. The molecule has 2 aliphatic heterocycles. The van der Waals surface area contributed by atoms with Crippen molar-refractivity contribution in [2.24, 2.45) is 0 Å². The van der Waals surface area contributed by atoms with Crippen molar-refractivity contribution in [1.29, 1.82) is 0 Å². The molecule has 0 N–H and O–H groups in total. The SMILES string of the molecule is COc1cc2c(cc1-c1c(C)noc1C)CC=CN2CCN1CCOCC1. The van der Waals surface area contributed by atoms with Gasteiger partial charge in [0.1, 0.15) is 11.5 Å². The first kappa shape index (κ1) is 18.1. The number of rotatable bonds is 5. The number of anilines is 1. The van der Waals surface area contributed by atoms with Crippen LogP contribution in [0.2, 0.25) is 0 Å². The first-order valence-electron chi connectivity index (χ1n) is 9.55. The molecule has 0 aliphatic carbocycles. The van der Waals surface area contributed by atoms with Crippen LogP contribution in [0.25, 0.3) is 11.1 Å². The lowest BCUT2D eigenvalue weighted by Crippen LogP contribution is -2.40. The Hall–Kier alpha value is -2.31. The number of nitrogens with zero attached hydrogens (tertiary/aromatic N) is 3. The Morgan fingerprint density at radius 3 is 2.67 bits per heavy atom. The van der Waals surface area contributed by atoms with E-state index in [1.54, 1.807) is 7.11 Å². The van der Waals surface area contributed by atoms with Crippen molar-refractivity contribution in [2.45, 2.75) is 20.3 Å². The molecule has 2 aliphatic rings. The van der Waals surface area contributed by atoms with Gasteiger partial charge in [-0.15, -0.1) is 0 Å². The molecule has 1 saturated heterocycles. The van der Waals surface area contributed by atoms with E-state index < -0.39 is 0 Å². The predicted octanol–water partition coefficient (Wildman–Crippen LogP) is 3.18. The first-order chi connectivity index (χ1) is 13.2. The number of aryl methyl sites for hydroxylation is 2. The van der Waals surface area contributed by atoms with E-state index in [1.165, 1.54) is 11.3 Å². The average Bonchev–Trinajstić information content (AvgIpc) is 3.04. The molecule has 6 nitrogen and oxygen atoms in total. The third-order valence-corrected chi connectivity index (χ3v) is 5.40. The Balaban J connectivity index is 1.62. The van der Waals surface area contributed by atoms with Gasteiger partial charge in [-0.3, -0.25) is 4.90 Å². The quantitative estimate of drug-likeness (QED) is 0.807. The van der Waals surface area contributed by atoms with Gasteiger partial charge in [0.05, 0.1) is 31.6 Å². The Morgan fingerprint density at radius 1 is 1.15 bits per heavy atom. The molecule has 27 heavy (non-hydrogen) atoms. The van der Waals surface area contributed by atoms with Gasteiger partial charge < -0.3 is 18.9 Å². The monoisotopic (exact) mass is 369 g/mol. The molecule has 6 heteroatoms. The van der Waals surface area contributed by atoms with Crippen molar-refractivity contribution in [3.8, 4) is 16.9 Å². The van der Waals surface area contributed by atoms with Gasteiger partial charge in [-0.05, 0) is 31.9 Å². The zero-order valence-corrected chi connectivity index (χ0v) is 16.3. The van der Waals surface area contributed by atoms with Crippen molar-refractivity contribution in [3.63, 3.8) is 0 Å². The Kier molecular flexibility index (Phi) is 5.18. The van der Waals surface area contributed by atoms with E-state index in [0.29, 0.717) is 0 Å². The lowest BCUT2D eigenvalue weighted by atomic mass is 9.96. The Morgan fingerprint density at radius 2 is 1.96 bits per heavy atom. The summed E-state index contributed by atoms with van der Waals surface area (Å²) < 4.78 is 16.6. The number of aromatic nitrogens is 1. The highest BCUT2D eigenvalue weighted by molar-refractivity contribution is 5.79. The van der Waals surface area contributed by atoms with Gasteiger partial charge in [0.15, 0.2) is 0 Å². The summed E-state index contributed by atoms with van der Waals surface area (Å²) in [6.45, 7) is 9.60. The summed E-state index contributed by atoms with van der Waals surface area (Å²) in [6.07, 6.45) is 5.34. The zero-order chi connectivity index (χ0) is 18.8. The van der Waals surface area contributed by atoms with Crippen LogP contribution in [0.3, 0.4) is 0 Å². The summed E-state index contributed by atoms with van der Waals surface area (Å²) in [5.74, 6) is 1.68. The van der Waals surface area contributed by atoms with Crippen LogP contribution >= 0.6 is 0 Å². The highest BCUT2D eigenvalue weighted by Crippen LogP contribution is 2.40. The summed E-state index contributed by atoms with van der Waals surface area (Å²) in [7, 11) is 1.72. The van der Waals surface area contributed by atoms with Crippen molar-refractivity contribution in [1.82, 2.24) is 10.1 Å². The highest BCUT2D eigenvalue weighted by Gasteiger charge is 2.22. The third kappa shape index (κ3) is 3.59. The van der Waals surface area contributed by atoms with Crippen LogP contribution in [-0.4, -0.2) is 56.6 Å². The smallest absolute Gasteiger partial charge is 0.141 e. The fraction of sp³-hybridized carbons (Fsp3) is 0.476. The molecule has 1 fully saturated rings. The van der Waals surface area contributed by atoms with Crippen LogP contribution < -0.4 is 9.64 Å². The van der Waals surface area contributed by atoms with E-state index in [2.05, 4.69) is 39.4 Å². The normalized spacial score (nSPS) is 17.2. The van der Waals surface area contributed by atoms with E-state index in [4.69, 9.17) is 14.0 Å². The van der Waals surface area contributed by atoms with Crippen LogP contribution in [0.15, 0.2) is 28.9 Å². The molecule has 0 bridgehead atoms. The molecular formula is C21H27N3O3. The van der Waals surface area contributed by atoms with Gasteiger partial charge >= 0.3 is 0 Å². The number of fused-ring (bicyclic) bond motifs is 1. The largest absolute Gasteiger partial charge is 0.496 e. The minimum atomic E-state index is 0.821. The molecule has 144 valence electrons. The maximum atomic E-state index is 5.74. The van der Waals surface area contributed by atoms with Gasteiger partial charge in [-0.1, -0.05) is 11.2 Å². The lowest BCUT2D eigenvalue weighted by Gasteiger charge is -2.32. The molecule has 1 aromatic heterocycles. The van der Waals surface area contributed by atoms with E-state index in [1.807, 2.05) is 13.8 Å². The molecule has 0 unspecified atom stereocenters. The zero-order valence-electron chi connectivity index (χ0n) is 16.3. The topological polar surface area (TPSA) is 51.0 Å². The van der Waals surface area contributed by atoms with Crippen molar-refractivity contribution >= 4 is 5.69 Å². The second kappa shape index (κ2) is 7.74. The number of ether oxygens (including phenoxy) is 2. The van der Waals surface area contributed by atoms with Crippen LogP contribution in [0, 0.1) is 13.8 Å². The molecule has 0 atom stereocenters. The fourth-order valence-corrected chi connectivity index (χ4v) is 3.93. The molecule has 4 rings (SSSR count). The van der Waals surface area contributed by atoms with Crippen LogP contribution in [0.4, 0.5) is 5.69 Å². The summed E-state index contributed by atoms with van der Waals surface area (Å²) in [4.78, 5) is 4.79. The number of hydrogen-bond acceptors (Lipinski definition) is 6. The third-order valence-electron chi connectivity index (χ3n) is 5.40.